The van der Waals surface area contributed by atoms with Gasteiger partial charge in [-0.05, 0) is 37.2 Å². The molecule has 22 heavy (non-hydrogen) atoms. The van der Waals surface area contributed by atoms with Crippen molar-refractivity contribution < 1.29 is 4.79 Å². The minimum atomic E-state index is -0.0498. The molecule has 1 aliphatic heterocycles. The van der Waals surface area contributed by atoms with Crippen molar-refractivity contribution in [2.24, 2.45) is 5.92 Å². The van der Waals surface area contributed by atoms with Crippen molar-refractivity contribution in [3.8, 4) is 0 Å². The fourth-order valence-corrected chi connectivity index (χ4v) is 2.97. The number of nitrogens with zero attached hydrogens (tertiary/aromatic N) is 2. The van der Waals surface area contributed by atoms with E-state index in [4.69, 9.17) is 0 Å². The molecule has 0 saturated carbocycles. The number of pyridine rings is 1. The van der Waals surface area contributed by atoms with E-state index in [9.17, 15) is 4.79 Å². The van der Waals surface area contributed by atoms with Gasteiger partial charge in [0.25, 0.3) is 0 Å². The molecule has 3 atom stereocenters. The highest BCUT2D eigenvalue weighted by Crippen LogP contribution is 2.29. The van der Waals surface area contributed by atoms with E-state index >= 15 is 0 Å². The summed E-state index contributed by atoms with van der Waals surface area (Å²) in [5.74, 6) is 0.375. The Morgan fingerprint density at radius 2 is 1.91 bits per heavy atom. The van der Waals surface area contributed by atoms with Gasteiger partial charge in [0.05, 0.1) is 18.8 Å². The molecule has 1 aromatic rings. The molecule has 6 nitrogen and oxygen atoms in total. The standard InChI is InChI=1S/C16H27N5O/c1-4-13-15(12-7-9-17-10-8-12)19-20-16(13)18-14(22)11-21(5-2)6-3/h7-10,13,15-16,19-20H,4-6,11H2,1-3H3,(H,18,22). The highest BCUT2D eigenvalue weighted by atomic mass is 16.2. The Morgan fingerprint density at radius 3 is 2.50 bits per heavy atom. The molecule has 1 aliphatic rings. The maximum atomic E-state index is 12.2. The fraction of sp³-hybridized carbons (Fsp3) is 0.625. The second-order valence-corrected chi connectivity index (χ2v) is 5.63. The summed E-state index contributed by atoms with van der Waals surface area (Å²) in [6, 6.07) is 4.22. The lowest BCUT2D eigenvalue weighted by Gasteiger charge is -2.24. The number of nitrogens with one attached hydrogen (secondary N) is 3. The summed E-state index contributed by atoms with van der Waals surface area (Å²) < 4.78 is 0. The molecule has 0 aliphatic carbocycles. The number of carbonyl (C=O) groups excluding carboxylic acids is 1. The Hall–Kier alpha value is -1.50. The zero-order valence-corrected chi connectivity index (χ0v) is 13.7. The summed E-state index contributed by atoms with van der Waals surface area (Å²) in [4.78, 5) is 18.4. The van der Waals surface area contributed by atoms with E-state index in [0.29, 0.717) is 12.5 Å². The van der Waals surface area contributed by atoms with Crippen molar-refractivity contribution in [1.29, 1.82) is 0 Å². The van der Waals surface area contributed by atoms with Crippen molar-refractivity contribution in [1.82, 2.24) is 26.1 Å². The summed E-state index contributed by atoms with van der Waals surface area (Å²) in [6.45, 7) is 8.51. The van der Waals surface area contributed by atoms with E-state index in [-0.39, 0.29) is 18.1 Å². The molecule has 2 rings (SSSR count). The lowest BCUT2D eigenvalue weighted by atomic mass is 9.91. The molecule has 1 fully saturated rings. The fourth-order valence-electron chi connectivity index (χ4n) is 2.97. The first kappa shape index (κ1) is 16.9. The van der Waals surface area contributed by atoms with Crippen molar-refractivity contribution in [3.63, 3.8) is 0 Å². The summed E-state index contributed by atoms with van der Waals surface area (Å²) in [6.07, 6.45) is 4.53. The molecule has 0 bridgehead atoms. The number of hydrazine groups is 1. The van der Waals surface area contributed by atoms with Gasteiger partial charge in [0.1, 0.15) is 0 Å². The lowest BCUT2D eigenvalue weighted by Crippen LogP contribution is -2.49. The maximum Gasteiger partial charge on any atom is 0.235 e. The number of aromatic nitrogens is 1. The Bertz CT molecular complexity index is 463. The van der Waals surface area contributed by atoms with Gasteiger partial charge in [0.15, 0.2) is 0 Å². The van der Waals surface area contributed by atoms with Crippen LogP contribution in [0.2, 0.25) is 0 Å². The zero-order chi connectivity index (χ0) is 15.9. The first-order chi connectivity index (χ1) is 10.7. The Labute approximate surface area is 132 Å². The molecular weight excluding hydrogens is 278 g/mol. The van der Waals surface area contributed by atoms with E-state index in [0.717, 1.165) is 19.5 Å². The van der Waals surface area contributed by atoms with E-state index in [2.05, 4.69) is 46.8 Å². The van der Waals surface area contributed by atoms with Crippen molar-refractivity contribution >= 4 is 5.91 Å². The molecule has 1 saturated heterocycles. The predicted octanol–water partition coefficient (Wildman–Crippen LogP) is 1.04. The van der Waals surface area contributed by atoms with Crippen LogP contribution in [0.1, 0.15) is 38.8 Å². The SMILES string of the molecule is CCC1C(NC(=O)CN(CC)CC)NNC1c1ccncc1. The van der Waals surface area contributed by atoms with Crippen LogP contribution in [0.25, 0.3) is 0 Å². The summed E-state index contributed by atoms with van der Waals surface area (Å²) >= 11 is 0. The Morgan fingerprint density at radius 1 is 1.23 bits per heavy atom. The van der Waals surface area contributed by atoms with Crippen LogP contribution in [0, 0.1) is 5.92 Å². The summed E-state index contributed by atoms with van der Waals surface area (Å²) in [7, 11) is 0. The van der Waals surface area contributed by atoms with E-state index < -0.39 is 0 Å². The van der Waals surface area contributed by atoms with Crippen LogP contribution in [-0.4, -0.2) is 41.6 Å². The molecule has 0 aromatic carbocycles. The van der Waals surface area contributed by atoms with Gasteiger partial charge in [-0.3, -0.25) is 14.7 Å². The van der Waals surface area contributed by atoms with E-state index in [1.54, 1.807) is 12.4 Å². The highest BCUT2D eigenvalue weighted by Gasteiger charge is 2.36. The van der Waals surface area contributed by atoms with Gasteiger partial charge in [-0.2, -0.15) is 0 Å². The normalized spacial score (nSPS) is 24.6. The minimum absolute atomic E-state index is 0.0498. The average molecular weight is 305 g/mol. The molecule has 3 N–H and O–H groups in total. The highest BCUT2D eigenvalue weighted by molar-refractivity contribution is 5.78. The molecule has 1 amide bonds. The van der Waals surface area contributed by atoms with Gasteiger partial charge in [-0.25, -0.2) is 10.9 Å². The maximum absolute atomic E-state index is 12.2. The molecule has 3 unspecified atom stereocenters. The number of likely N-dealkylation sites (N-methyl/N-ethyl adjacent to an activating group) is 1. The van der Waals surface area contributed by atoms with E-state index in [1.165, 1.54) is 5.56 Å². The molecule has 0 radical (unpaired) electrons. The number of hydrogen-bond acceptors (Lipinski definition) is 5. The second-order valence-electron chi connectivity index (χ2n) is 5.63. The first-order valence-electron chi connectivity index (χ1n) is 8.12. The van der Waals surface area contributed by atoms with Gasteiger partial charge in [-0.15, -0.1) is 0 Å². The second kappa shape index (κ2) is 8.22. The number of amides is 1. The van der Waals surface area contributed by atoms with Crippen LogP contribution in [-0.2, 0) is 4.79 Å². The number of rotatable bonds is 7. The van der Waals surface area contributed by atoms with Crippen LogP contribution >= 0.6 is 0 Å². The van der Waals surface area contributed by atoms with Crippen LogP contribution in [0.15, 0.2) is 24.5 Å². The monoisotopic (exact) mass is 305 g/mol. The van der Waals surface area contributed by atoms with Crippen LogP contribution < -0.4 is 16.2 Å². The van der Waals surface area contributed by atoms with Crippen LogP contribution in [0.4, 0.5) is 0 Å². The van der Waals surface area contributed by atoms with Crippen LogP contribution in [0.5, 0.6) is 0 Å². The average Bonchev–Trinajstić information content (AvgIpc) is 2.95. The van der Waals surface area contributed by atoms with Crippen molar-refractivity contribution in [2.45, 2.75) is 39.4 Å². The quantitative estimate of drug-likeness (QED) is 0.702. The van der Waals surface area contributed by atoms with Gasteiger partial charge >= 0.3 is 0 Å². The smallest absolute Gasteiger partial charge is 0.235 e. The van der Waals surface area contributed by atoms with Gasteiger partial charge in [0, 0.05) is 18.3 Å². The molecule has 122 valence electrons. The third-order valence-corrected chi connectivity index (χ3v) is 4.37. The van der Waals surface area contributed by atoms with E-state index in [1.807, 2.05) is 12.1 Å². The first-order valence-corrected chi connectivity index (χ1v) is 8.12. The third kappa shape index (κ3) is 4.03. The molecule has 6 heteroatoms. The van der Waals surface area contributed by atoms with Gasteiger partial charge < -0.3 is 5.32 Å². The minimum Gasteiger partial charge on any atom is -0.338 e. The Kier molecular flexibility index (Phi) is 6.30. The van der Waals surface area contributed by atoms with Gasteiger partial charge in [0.2, 0.25) is 5.91 Å². The van der Waals surface area contributed by atoms with Crippen molar-refractivity contribution in [2.75, 3.05) is 19.6 Å². The summed E-state index contributed by atoms with van der Waals surface area (Å²) in [5.41, 5.74) is 7.72. The third-order valence-electron chi connectivity index (χ3n) is 4.37. The molecule has 1 aromatic heterocycles. The zero-order valence-electron chi connectivity index (χ0n) is 13.7. The molecular formula is C16H27N5O. The number of carbonyl (C=O) groups is 1. The molecule has 0 spiro atoms. The largest absolute Gasteiger partial charge is 0.338 e. The van der Waals surface area contributed by atoms with Crippen LogP contribution in [0.3, 0.4) is 0 Å². The predicted molar refractivity (Wildman–Crippen MR) is 86.7 cm³/mol. The molecule has 2 heterocycles. The Balaban J connectivity index is 1.96. The summed E-state index contributed by atoms with van der Waals surface area (Å²) in [5, 5.41) is 3.11. The van der Waals surface area contributed by atoms with Gasteiger partial charge in [-0.1, -0.05) is 20.8 Å². The lowest BCUT2D eigenvalue weighted by molar-refractivity contribution is -0.123. The topological polar surface area (TPSA) is 69.3 Å². The number of hydrogen-bond donors (Lipinski definition) is 3. The van der Waals surface area contributed by atoms with Crippen molar-refractivity contribution in [3.05, 3.63) is 30.1 Å².